The van der Waals surface area contributed by atoms with Gasteiger partial charge in [0.2, 0.25) is 31.0 Å². The van der Waals surface area contributed by atoms with Crippen molar-refractivity contribution in [3.05, 3.63) is 39.7 Å². The standard InChI is InChI=1S/C24H25F3N8O5S3/c1-12(2)43(39,40)35-8-5-14(17(11-35)20(28)36)15-9-13(42(37,38)33-23(29-3)6-7-23)10-16-18(32-34(4)19(15)16)21-30-31-22(41-21)24(25,26)27/h9-10,12,33H,5-8,11H2,1-2,4H3,(H2,28,36). The summed E-state index contributed by atoms with van der Waals surface area (Å²) in [6.45, 7) is 9.97. The van der Waals surface area contributed by atoms with Gasteiger partial charge in [-0.3, -0.25) is 14.3 Å². The number of carbonyl (C=O) groups excluding carboxylic acids is 1. The van der Waals surface area contributed by atoms with Crippen LogP contribution in [0.5, 0.6) is 0 Å². The van der Waals surface area contributed by atoms with Crippen molar-refractivity contribution < 1.29 is 34.8 Å². The molecule has 3 heterocycles. The van der Waals surface area contributed by atoms with Gasteiger partial charge in [0, 0.05) is 36.7 Å². The van der Waals surface area contributed by atoms with Crippen LogP contribution in [0, 0.1) is 6.57 Å². The molecule has 2 aliphatic rings. The second-order valence-electron chi connectivity index (χ2n) is 10.5. The Morgan fingerprint density at radius 2 is 1.88 bits per heavy atom. The highest BCUT2D eigenvalue weighted by Crippen LogP contribution is 2.42. The van der Waals surface area contributed by atoms with E-state index in [4.69, 9.17) is 12.3 Å². The zero-order chi connectivity index (χ0) is 31.7. The van der Waals surface area contributed by atoms with Crippen molar-refractivity contribution >= 4 is 53.8 Å². The second-order valence-corrected chi connectivity index (χ2v) is 15.6. The van der Waals surface area contributed by atoms with Gasteiger partial charge in [0.15, 0.2) is 5.01 Å². The van der Waals surface area contributed by atoms with Crippen molar-refractivity contribution in [2.45, 2.75) is 55.1 Å². The summed E-state index contributed by atoms with van der Waals surface area (Å²) in [5.41, 5.74) is 4.92. The number of alkyl halides is 3. The number of aryl methyl sites for hydroxylation is 1. The first-order valence-electron chi connectivity index (χ1n) is 12.8. The lowest BCUT2D eigenvalue weighted by atomic mass is 9.92. The third kappa shape index (κ3) is 5.53. The fourth-order valence-corrected chi connectivity index (χ4v) is 8.18. The normalized spacial score (nSPS) is 17.9. The van der Waals surface area contributed by atoms with Crippen molar-refractivity contribution in [2.24, 2.45) is 12.8 Å². The predicted octanol–water partition coefficient (Wildman–Crippen LogP) is 2.48. The lowest BCUT2D eigenvalue weighted by Crippen LogP contribution is -2.42. The summed E-state index contributed by atoms with van der Waals surface area (Å²) in [6, 6.07) is 2.48. The Morgan fingerprint density at radius 1 is 1.21 bits per heavy atom. The number of nitrogens with two attached hydrogens (primary N) is 1. The predicted molar refractivity (Wildman–Crippen MR) is 150 cm³/mol. The number of amides is 1. The topological polar surface area (TPSA) is 175 Å². The van der Waals surface area contributed by atoms with E-state index >= 15 is 0 Å². The Labute approximate surface area is 248 Å². The van der Waals surface area contributed by atoms with Gasteiger partial charge in [0.1, 0.15) is 5.69 Å². The number of nitrogens with one attached hydrogen (secondary N) is 1. The van der Waals surface area contributed by atoms with Crippen molar-refractivity contribution in [3.8, 4) is 10.7 Å². The van der Waals surface area contributed by atoms with E-state index in [-0.39, 0.29) is 74.1 Å². The van der Waals surface area contributed by atoms with E-state index in [1.54, 1.807) is 0 Å². The molecule has 19 heteroatoms. The third-order valence-corrected chi connectivity index (χ3v) is 11.9. The zero-order valence-corrected chi connectivity index (χ0v) is 25.4. The van der Waals surface area contributed by atoms with Crippen LogP contribution in [-0.4, -0.2) is 71.0 Å². The molecule has 5 rings (SSSR count). The van der Waals surface area contributed by atoms with E-state index < -0.39 is 48.1 Å². The summed E-state index contributed by atoms with van der Waals surface area (Å²) in [4.78, 5) is 15.7. The molecule has 230 valence electrons. The Bertz CT molecular complexity index is 1950. The van der Waals surface area contributed by atoms with Gasteiger partial charge in [-0.05, 0) is 38.0 Å². The van der Waals surface area contributed by atoms with E-state index in [1.165, 1.54) is 37.7 Å². The van der Waals surface area contributed by atoms with Gasteiger partial charge in [-0.25, -0.2) is 23.4 Å². The maximum absolute atomic E-state index is 13.5. The maximum atomic E-state index is 13.5. The second kappa shape index (κ2) is 10.3. The minimum atomic E-state index is -4.77. The SMILES string of the molecule is [C-]#[N+]C1(NS(=O)(=O)c2cc(C3=C(C(N)=O)CN(S(=O)(=O)C(C)C)CC3)c3c(c2)c(-c2nnc(C(F)(F)F)s2)nn3C)CC1. The molecule has 43 heavy (non-hydrogen) atoms. The molecule has 3 aromatic rings. The number of nitrogens with zero attached hydrogens (tertiary/aromatic N) is 6. The van der Waals surface area contributed by atoms with Crippen LogP contribution in [0.1, 0.15) is 43.7 Å². The van der Waals surface area contributed by atoms with Crippen LogP contribution in [0.25, 0.3) is 32.0 Å². The molecule has 1 saturated carbocycles. The number of rotatable bonds is 8. The summed E-state index contributed by atoms with van der Waals surface area (Å²) in [5.74, 6) is -0.926. The molecule has 1 amide bonds. The summed E-state index contributed by atoms with van der Waals surface area (Å²) in [5, 5.41) is 9.04. The minimum Gasteiger partial charge on any atom is -0.366 e. The van der Waals surface area contributed by atoms with Gasteiger partial charge in [-0.1, -0.05) is 11.3 Å². The summed E-state index contributed by atoms with van der Waals surface area (Å²) < 4.78 is 97.6. The van der Waals surface area contributed by atoms with Crippen molar-refractivity contribution in [1.29, 1.82) is 0 Å². The number of primary amides is 1. The van der Waals surface area contributed by atoms with Gasteiger partial charge in [-0.2, -0.15) is 22.6 Å². The number of hydrogen-bond acceptors (Lipinski definition) is 9. The van der Waals surface area contributed by atoms with E-state index in [0.29, 0.717) is 12.8 Å². The first-order chi connectivity index (χ1) is 19.9. The third-order valence-electron chi connectivity index (χ3n) is 7.24. The average molecular weight is 659 g/mol. The number of hydrogen-bond donors (Lipinski definition) is 2. The molecule has 1 aliphatic heterocycles. The largest absolute Gasteiger partial charge is 0.445 e. The number of benzene rings is 1. The molecule has 1 aliphatic carbocycles. The van der Waals surface area contributed by atoms with Crippen LogP contribution in [0.4, 0.5) is 13.2 Å². The number of fused-ring (bicyclic) bond motifs is 1. The van der Waals surface area contributed by atoms with E-state index in [0.717, 1.165) is 4.31 Å². The van der Waals surface area contributed by atoms with Crippen LogP contribution in [0.3, 0.4) is 0 Å². The molecule has 0 atom stereocenters. The zero-order valence-electron chi connectivity index (χ0n) is 22.9. The first kappa shape index (κ1) is 31.0. The fraction of sp³-hybridized carbons (Fsp3) is 0.458. The maximum Gasteiger partial charge on any atom is 0.445 e. The van der Waals surface area contributed by atoms with E-state index in [2.05, 4.69) is 24.9 Å². The molecule has 0 radical (unpaired) electrons. The lowest BCUT2D eigenvalue weighted by molar-refractivity contribution is -0.138. The van der Waals surface area contributed by atoms with Gasteiger partial charge in [0.25, 0.3) is 5.66 Å². The van der Waals surface area contributed by atoms with Crippen molar-refractivity contribution in [3.63, 3.8) is 0 Å². The highest BCUT2D eigenvalue weighted by atomic mass is 32.2. The Kier molecular flexibility index (Phi) is 7.45. The van der Waals surface area contributed by atoms with Crippen LogP contribution in [0.15, 0.2) is 22.6 Å². The summed E-state index contributed by atoms with van der Waals surface area (Å²) >= 11 is 0.223. The van der Waals surface area contributed by atoms with Crippen LogP contribution in [-0.2, 0) is 38.1 Å². The lowest BCUT2D eigenvalue weighted by Gasteiger charge is -2.31. The van der Waals surface area contributed by atoms with Crippen LogP contribution >= 0.6 is 11.3 Å². The molecule has 1 fully saturated rings. The number of halogens is 3. The highest BCUT2D eigenvalue weighted by molar-refractivity contribution is 7.90. The molecule has 13 nitrogen and oxygen atoms in total. The average Bonchev–Trinajstić information content (AvgIpc) is 3.34. The molecule has 1 aromatic carbocycles. The number of carbonyl (C=O) groups is 1. The molecule has 0 saturated heterocycles. The first-order valence-corrected chi connectivity index (χ1v) is 16.6. The molecular weight excluding hydrogens is 634 g/mol. The van der Waals surface area contributed by atoms with Gasteiger partial charge in [0.05, 0.1) is 28.5 Å². The smallest absolute Gasteiger partial charge is 0.366 e. The Hall–Kier alpha value is -3.44. The molecule has 0 bridgehead atoms. The fourth-order valence-electron chi connectivity index (χ4n) is 4.81. The molecular formula is C24H25F3N8O5S3. The van der Waals surface area contributed by atoms with Gasteiger partial charge in [-0.15, -0.1) is 14.9 Å². The van der Waals surface area contributed by atoms with E-state index in [9.17, 15) is 34.8 Å². The number of sulfonamides is 2. The Morgan fingerprint density at radius 3 is 2.42 bits per heavy atom. The summed E-state index contributed by atoms with van der Waals surface area (Å²) in [7, 11) is -6.67. The molecule has 0 spiro atoms. The minimum absolute atomic E-state index is 0.0280. The van der Waals surface area contributed by atoms with Crippen molar-refractivity contribution in [1.82, 2.24) is 29.0 Å². The Balaban J connectivity index is 1.77. The van der Waals surface area contributed by atoms with Crippen molar-refractivity contribution in [2.75, 3.05) is 13.1 Å². The van der Waals surface area contributed by atoms with Crippen LogP contribution in [0.2, 0.25) is 0 Å². The van der Waals surface area contributed by atoms with Gasteiger partial charge >= 0.3 is 6.18 Å². The number of aromatic nitrogens is 4. The van der Waals surface area contributed by atoms with Gasteiger partial charge < -0.3 is 5.73 Å². The molecule has 3 N–H and O–H groups in total. The molecule has 0 unspecified atom stereocenters. The monoisotopic (exact) mass is 658 g/mol. The van der Waals surface area contributed by atoms with Crippen LogP contribution < -0.4 is 10.5 Å². The highest BCUT2D eigenvalue weighted by Gasteiger charge is 2.54. The quantitative estimate of drug-likeness (QED) is 0.347. The summed E-state index contributed by atoms with van der Waals surface area (Å²) in [6.07, 6.45) is -4.20. The van der Waals surface area contributed by atoms with E-state index in [1.807, 2.05) is 0 Å². The molecule has 2 aromatic heterocycles.